The molecule has 0 aromatic carbocycles. The van der Waals surface area contributed by atoms with Gasteiger partial charge in [0.25, 0.3) is 0 Å². The minimum Gasteiger partial charge on any atom is -0.481 e. The second-order valence-corrected chi connectivity index (χ2v) is 7.53. The predicted molar refractivity (Wildman–Crippen MR) is 83.9 cm³/mol. The topological polar surface area (TPSA) is 113 Å². The highest BCUT2D eigenvalue weighted by atomic mass is 32.2. The van der Waals surface area contributed by atoms with Gasteiger partial charge in [0.15, 0.2) is 0 Å². The summed E-state index contributed by atoms with van der Waals surface area (Å²) in [6, 6.07) is -0.776. The number of amides is 1. The molecule has 0 aliphatic rings. The molecule has 124 valence electrons. The van der Waals surface area contributed by atoms with Crippen molar-refractivity contribution in [2.75, 3.05) is 24.3 Å². The van der Waals surface area contributed by atoms with Crippen molar-refractivity contribution in [2.45, 2.75) is 38.6 Å². The van der Waals surface area contributed by atoms with Crippen LogP contribution in [0.15, 0.2) is 0 Å². The summed E-state index contributed by atoms with van der Waals surface area (Å²) in [5, 5.41) is 11.1. The summed E-state index contributed by atoms with van der Waals surface area (Å²) in [4.78, 5) is 22.3. The molecule has 0 spiro atoms. The summed E-state index contributed by atoms with van der Waals surface area (Å²) < 4.78 is 25.5. The Morgan fingerprint density at radius 1 is 1.29 bits per heavy atom. The van der Waals surface area contributed by atoms with Gasteiger partial charge in [0.05, 0.1) is 5.75 Å². The molecule has 0 aliphatic carbocycles. The fraction of sp³-hybridized carbons (Fsp3) is 0.833. The lowest BCUT2D eigenvalue weighted by molar-refractivity contribution is -0.137. The van der Waals surface area contributed by atoms with Gasteiger partial charge in [0, 0.05) is 13.0 Å². The molecule has 0 saturated heterocycles. The number of aliphatic carboxylic acids is 1. The summed E-state index contributed by atoms with van der Waals surface area (Å²) >= 11 is 1.54. The molecule has 0 heterocycles. The van der Waals surface area contributed by atoms with Gasteiger partial charge in [-0.2, -0.15) is 11.8 Å². The number of rotatable bonds is 12. The number of hydrogen-bond donors (Lipinski definition) is 3. The van der Waals surface area contributed by atoms with Gasteiger partial charge in [0.1, 0.15) is 6.04 Å². The fourth-order valence-corrected chi connectivity index (χ4v) is 2.81. The molecule has 7 nitrogen and oxygen atoms in total. The molecular formula is C12H24N2O5S2. The fourth-order valence-electron chi connectivity index (χ4n) is 1.52. The highest BCUT2D eigenvalue weighted by Crippen LogP contribution is 2.03. The van der Waals surface area contributed by atoms with Crippen molar-refractivity contribution in [1.82, 2.24) is 10.0 Å². The molecule has 3 N–H and O–H groups in total. The van der Waals surface area contributed by atoms with Crippen LogP contribution in [0.1, 0.15) is 32.6 Å². The number of sulfonamides is 1. The Morgan fingerprint density at radius 2 is 1.95 bits per heavy atom. The number of carbonyl (C=O) groups excluding carboxylic acids is 1. The van der Waals surface area contributed by atoms with Crippen molar-refractivity contribution in [3.8, 4) is 0 Å². The van der Waals surface area contributed by atoms with Crippen LogP contribution in [0, 0.1) is 0 Å². The zero-order valence-electron chi connectivity index (χ0n) is 12.4. The number of thioether (sulfide) groups is 1. The van der Waals surface area contributed by atoms with Crippen molar-refractivity contribution in [2.24, 2.45) is 0 Å². The van der Waals surface area contributed by atoms with Crippen LogP contribution in [0.3, 0.4) is 0 Å². The first kappa shape index (κ1) is 20.2. The first-order valence-electron chi connectivity index (χ1n) is 6.80. The third-order valence-electron chi connectivity index (χ3n) is 2.75. The SMILES string of the molecule is CCS(=O)(=O)NC(CCSC)C(=O)NCCCCC(=O)O. The quantitative estimate of drug-likeness (QED) is 0.444. The molecule has 0 aromatic heterocycles. The Kier molecular flexibility index (Phi) is 10.4. The summed E-state index contributed by atoms with van der Waals surface area (Å²) in [7, 11) is -3.44. The lowest BCUT2D eigenvalue weighted by Gasteiger charge is -2.17. The van der Waals surface area contributed by atoms with E-state index in [4.69, 9.17) is 5.11 Å². The number of unbranched alkanes of at least 4 members (excludes halogenated alkanes) is 1. The average molecular weight is 340 g/mol. The van der Waals surface area contributed by atoms with E-state index in [-0.39, 0.29) is 18.1 Å². The maximum atomic E-state index is 12.0. The van der Waals surface area contributed by atoms with Gasteiger partial charge >= 0.3 is 5.97 Å². The van der Waals surface area contributed by atoms with E-state index in [0.717, 1.165) is 0 Å². The van der Waals surface area contributed by atoms with Crippen LogP contribution in [0.5, 0.6) is 0 Å². The zero-order valence-corrected chi connectivity index (χ0v) is 14.1. The van der Waals surface area contributed by atoms with E-state index in [2.05, 4.69) is 10.0 Å². The third-order valence-corrected chi connectivity index (χ3v) is 4.79. The van der Waals surface area contributed by atoms with Crippen LogP contribution in [0.25, 0.3) is 0 Å². The van der Waals surface area contributed by atoms with Crippen molar-refractivity contribution >= 4 is 33.7 Å². The summed E-state index contributed by atoms with van der Waals surface area (Å²) in [5.74, 6) is -0.635. The highest BCUT2D eigenvalue weighted by molar-refractivity contribution is 7.98. The first-order chi connectivity index (χ1) is 9.82. The molecule has 9 heteroatoms. The molecule has 0 fully saturated rings. The van der Waals surface area contributed by atoms with Gasteiger partial charge in [-0.3, -0.25) is 9.59 Å². The largest absolute Gasteiger partial charge is 0.481 e. The number of hydrogen-bond acceptors (Lipinski definition) is 5. The Morgan fingerprint density at radius 3 is 2.48 bits per heavy atom. The maximum Gasteiger partial charge on any atom is 0.303 e. The Hall–Kier alpha value is -0.800. The molecule has 0 aromatic rings. The van der Waals surface area contributed by atoms with E-state index >= 15 is 0 Å². The second-order valence-electron chi connectivity index (χ2n) is 4.50. The number of carboxylic acid groups (broad SMARTS) is 1. The van der Waals surface area contributed by atoms with Crippen LogP contribution < -0.4 is 10.0 Å². The van der Waals surface area contributed by atoms with Gasteiger partial charge in [-0.25, -0.2) is 13.1 Å². The molecule has 0 bridgehead atoms. The van der Waals surface area contributed by atoms with Gasteiger partial charge in [0.2, 0.25) is 15.9 Å². The molecule has 0 radical (unpaired) electrons. The molecule has 0 rings (SSSR count). The maximum absolute atomic E-state index is 12.0. The monoisotopic (exact) mass is 340 g/mol. The summed E-state index contributed by atoms with van der Waals surface area (Å²) in [6.45, 7) is 1.85. The van der Waals surface area contributed by atoms with Gasteiger partial charge in [-0.05, 0) is 38.2 Å². The van der Waals surface area contributed by atoms with E-state index in [9.17, 15) is 18.0 Å². The van der Waals surface area contributed by atoms with Gasteiger partial charge in [-0.15, -0.1) is 0 Å². The lowest BCUT2D eigenvalue weighted by atomic mass is 10.2. The third kappa shape index (κ3) is 10.6. The highest BCUT2D eigenvalue weighted by Gasteiger charge is 2.22. The molecule has 1 atom stereocenters. The van der Waals surface area contributed by atoms with E-state index in [1.807, 2.05) is 6.26 Å². The predicted octanol–water partition coefficient (Wildman–Crippen LogP) is 0.419. The van der Waals surface area contributed by atoms with Crippen LogP contribution >= 0.6 is 11.8 Å². The van der Waals surface area contributed by atoms with Crippen LogP contribution in [-0.2, 0) is 19.6 Å². The van der Waals surface area contributed by atoms with Crippen molar-refractivity contribution < 1.29 is 23.1 Å². The van der Waals surface area contributed by atoms with E-state index < -0.39 is 22.0 Å². The minimum atomic E-state index is -3.44. The number of carbonyl (C=O) groups is 2. The standard InChI is InChI=1S/C12H24N2O5S2/c1-3-21(18,19)14-10(7-9-20-2)12(17)13-8-5-4-6-11(15)16/h10,14H,3-9H2,1-2H3,(H,13,17)(H,15,16). The smallest absolute Gasteiger partial charge is 0.303 e. The lowest BCUT2D eigenvalue weighted by Crippen LogP contribution is -2.47. The Balaban J connectivity index is 4.28. The average Bonchev–Trinajstić information content (AvgIpc) is 2.42. The molecular weight excluding hydrogens is 316 g/mol. The first-order valence-corrected chi connectivity index (χ1v) is 9.85. The molecule has 1 unspecified atom stereocenters. The molecule has 0 aliphatic heterocycles. The van der Waals surface area contributed by atoms with Crippen LogP contribution in [0.2, 0.25) is 0 Å². The molecule has 0 saturated carbocycles. The second kappa shape index (κ2) is 10.9. The molecule has 1 amide bonds. The Labute approximate surface area is 130 Å². The van der Waals surface area contributed by atoms with Crippen LogP contribution in [0.4, 0.5) is 0 Å². The normalized spacial score (nSPS) is 12.9. The van der Waals surface area contributed by atoms with Crippen molar-refractivity contribution in [3.05, 3.63) is 0 Å². The van der Waals surface area contributed by atoms with Crippen LogP contribution in [-0.4, -0.2) is 55.7 Å². The van der Waals surface area contributed by atoms with E-state index in [1.54, 1.807) is 0 Å². The summed E-state index contributed by atoms with van der Waals surface area (Å²) in [6.07, 6.45) is 3.39. The minimum absolute atomic E-state index is 0.0637. The summed E-state index contributed by atoms with van der Waals surface area (Å²) in [5.41, 5.74) is 0. The molecule has 21 heavy (non-hydrogen) atoms. The van der Waals surface area contributed by atoms with E-state index in [1.165, 1.54) is 18.7 Å². The van der Waals surface area contributed by atoms with Crippen molar-refractivity contribution in [3.63, 3.8) is 0 Å². The van der Waals surface area contributed by atoms with Crippen molar-refractivity contribution in [1.29, 1.82) is 0 Å². The van der Waals surface area contributed by atoms with E-state index in [0.29, 0.717) is 31.6 Å². The number of carboxylic acids is 1. The zero-order chi connectivity index (χ0) is 16.3. The number of nitrogens with one attached hydrogen (secondary N) is 2. The Bertz CT molecular complexity index is 425. The van der Waals surface area contributed by atoms with Gasteiger partial charge < -0.3 is 10.4 Å². The van der Waals surface area contributed by atoms with Gasteiger partial charge in [-0.1, -0.05) is 0 Å².